The van der Waals surface area contributed by atoms with Crippen LogP contribution in [0, 0.1) is 6.92 Å². The number of ether oxygens (including phenoxy) is 2. The Morgan fingerprint density at radius 3 is 2.47 bits per heavy atom. The molecule has 4 aromatic rings. The second-order valence-electron chi connectivity index (χ2n) is 6.79. The summed E-state index contributed by atoms with van der Waals surface area (Å²) in [7, 11) is -3.74. The third-order valence-corrected chi connectivity index (χ3v) is 5.86. The lowest BCUT2D eigenvalue weighted by atomic mass is 10.2. The van der Waals surface area contributed by atoms with Crippen molar-refractivity contribution in [1.82, 2.24) is 19.7 Å². The van der Waals surface area contributed by atoms with E-state index in [1.54, 1.807) is 78.7 Å². The van der Waals surface area contributed by atoms with Crippen molar-refractivity contribution < 1.29 is 17.9 Å². The average molecular weight is 452 g/mol. The molecule has 4 rings (SSSR count). The molecule has 0 saturated carbocycles. The van der Waals surface area contributed by atoms with Gasteiger partial charge in [-0.25, -0.2) is 13.4 Å². The number of anilines is 1. The first-order chi connectivity index (χ1) is 15.4. The normalized spacial score (nSPS) is 11.2. The molecule has 0 atom stereocenters. The molecule has 0 unspecified atom stereocenters. The first kappa shape index (κ1) is 21.3. The van der Waals surface area contributed by atoms with Crippen LogP contribution in [0.3, 0.4) is 0 Å². The van der Waals surface area contributed by atoms with Gasteiger partial charge >= 0.3 is 0 Å². The van der Waals surface area contributed by atoms with E-state index in [4.69, 9.17) is 9.47 Å². The van der Waals surface area contributed by atoms with Gasteiger partial charge in [0.05, 0.1) is 11.5 Å². The molecule has 0 aliphatic rings. The van der Waals surface area contributed by atoms with Gasteiger partial charge in [-0.05, 0) is 67.9 Å². The van der Waals surface area contributed by atoms with Crippen molar-refractivity contribution in [3.8, 4) is 23.2 Å². The Balaban J connectivity index is 1.42. The third-order valence-electron chi connectivity index (χ3n) is 4.48. The van der Waals surface area contributed by atoms with Crippen LogP contribution in [0.5, 0.6) is 17.4 Å². The number of rotatable bonds is 8. The second-order valence-corrected chi connectivity index (χ2v) is 8.47. The molecule has 0 aliphatic heterocycles. The summed E-state index contributed by atoms with van der Waals surface area (Å²) < 4.78 is 40.9. The topological polar surface area (TPSA) is 108 Å². The van der Waals surface area contributed by atoms with E-state index in [1.165, 1.54) is 6.07 Å². The SMILES string of the molecule is CCOc1ccc(S(=O)(=O)Nc2ccc(Oc3ccc(-n4ccnc4)nn3)cc2)cc1C. The highest BCUT2D eigenvalue weighted by Gasteiger charge is 2.16. The van der Waals surface area contributed by atoms with Gasteiger partial charge in [0.1, 0.15) is 17.8 Å². The first-order valence-corrected chi connectivity index (χ1v) is 11.3. The summed E-state index contributed by atoms with van der Waals surface area (Å²) in [6.45, 7) is 4.20. The van der Waals surface area contributed by atoms with Crippen molar-refractivity contribution in [2.75, 3.05) is 11.3 Å². The summed E-state index contributed by atoms with van der Waals surface area (Å²) in [5.74, 6) is 2.08. The van der Waals surface area contributed by atoms with Crippen molar-refractivity contribution in [3.05, 3.63) is 78.9 Å². The maximum Gasteiger partial charge on any atom is 0.261 e. The second kappa shape index (κ2) is 9.06. The van der Waals surface area contributed by atoms with Gasteiger partial charge < -0.3 is 9.47 Å². The van der Waals surface area contributed by atoms with E-state index in [1.807, 2.05) is 6.92 Å². The lowest BCUT2D eigenvalue weighted by Crippen LogP contribution is -2.13. The zero-order valence-electron chi connectivity index (χ0n) is 17.5. The molecule has 2 aromatic heterocycles. The molecule has 0 bridgehead atoms. The standard InChI is InChI=1S/C22H21N5O4S/c1-3-30-20-9-8-19(14-16(20)2)32(28,29)26-17-4-6-18(7-5-17)31-22-11-10-21(24-25-22)27-13-12-23-15-27/h4-15,26H,3H2,1-2H3. The van der Waals surface area contributed by atoms with E-state index >= 15 is 0 Å². The van der Waals surface area contributed by atoms with Crippen molar-refractivity contribution in [2.45, 2.75) is 18.7 Å². The van der Waals surface area contributed by atoms with Crippen LogP contribution in [0.4, 0.5) is 5.69 Å². The summed E-state index contributed by atoms with van der Waals surface area (Å²) in [6.07, 6.45) is 5.04. The lowest BCUT2D eigenvalue weighted by Gasteiger charge is -2.12. The van der Waals surface area contributed by atoms with Crippen LogP contribution in [0.1, 0.15) is 12.5 Å². The Hall–Kier alpha value is -3.92. The quantitative estimate of drug-likeness (QED) is 0.432. The summed E-state index contributed by atoms with van der Waals surface area (Å²) in [5.41, 5.74) is 1.16. The first-order valence-electron chi connectivity index (χ1n) is 9.81. The molecule has 9 nitrogen and oxygen atoms in total. The monoisotopic (exact) mass is 451 g/mol. The summed E-state index contributed by atoms with van der Waals surface area (Å²) in [4.78, 5) is 4.13. The van der Waals surface area contributed by atoms with Gasteiger partial charge in [-0.3, -0.25) is 9.29 Å². The molecule has 0 aliphatic carbocycles. The Morgan fingerprint density at radius 2 is 1.84 bits per heavy atom. The molecular weight excluding hydrogens is 430 g/mol. The van der Waals surface area contributed by atoms with Gasteiger partial charge in [0.15, 0.2) is 5.82 Å². The van der Waals surface area contributed by atoms with Crippen LogP contribution in [-0.2, 0) is 10.0 Å². The van der Waals surface area contributed by atoms with Crippen LogP contribution >= 0.6 is 0 Å². The maximum absolute atomic E-state index is 12.7. The van der Waals surface area contributed by atoms with Crippen LogP contribution in [0.15, 0.2) is 78.2 Å². The number of benzene rings is 2. The molecule has 32 heavy (non-hydrogen) atoms. The number of nitrogens with zero attached hydrogens (tertiary/aromatic N) is 4. The minimum absolute atomic E-state index is 0.159. The molecular formula is C22H21N5O4S. The van der Waals surface area contributed by atoms with Crippen LogP contribution in [-0.4, -0.2) is 34.8 Å². The Labute approximate surface area is 185 Å². The fraction of sp³-hybridized carbons (Fsp3) is 0.136. The largest absolute Gasteiger partial charge is 0.494 e. The van der Waals surface area contributed by atoms with E-state index < -0.39 is 10.0 Å². The number of hydrogen-bond acceptors (Lipinski definition) is 7. The molecule has 0 fully saturated rings. The molecule has 2 heterocycles. The summed E-state index contributed by atoms with van der Waals surface area (Å²) in [6, 6.07) is 14.7. The molecule has 0 saturated heterocycles. The molecule has 0 spiro atoms. The minimum Gasteiger partial charge on any atom is -0.494 e. The maximum atomic E-state index is 12.7. The molecule has 1 N–H and O–H groups in total. The van der Waals surface area contributed by atoms with Gasteiger partial charge in [0.2, 0.25) is 5.88 Å². The van der Waals surface area contributed by atoms with Gasteiger partial charge in [-0.1, -0.05) is 0 Å². The number of hydrogen-bond donors (Lipinski definition) is 1. The fourth-order valence-corrected chi connectivity index (χ4v) is 4.08. The third kappa shape index (κ3) is 4.86. The zero-order valence-corrected chi connectivity index (χ0v) is 18.3. The Bertz CT molecular complexity index is 1290. The summed E-state index contributed by atoms with van der Waals surface area (Å²) >= 11 is 0. The number of aryl methyl sites for hydroxylation is 1. The number of imidazole rings is 1. The number of aromatic nitrogens is 4. The van der Waals surface area contributed by atoms with Gasteiger partial charge in [0, 0.05) is 24.1 Å². The smallest absolute Gasteiger partial charge is 0.261 e. The lowest BCUT2D eigenvalue weighted by molar-refractivity contribution is 0.337. The van der Waals surface area contributed by atoms with E-state index in [9.17, 15) is 8.42 Å². The van der Waals surface area contributed by atoms with Crippen molar-refractivity contribution in [1.29, 1.82) is 0 Å². The predicted octanol–water partition coefficient (Wildman–Crippen LogP) is 3.96. The van der Waals surface area contributed by atoms with Crippen LogP contribution in [0.2, 0.25) is 0 Å². The molecule has 0 amide bonds. The van der Waals surface area contributed by atoms with E-state index in [0.29, 0.717) is 35.5 Å². The van der Waals surface area contributed by atoms with Crippen molar-refractivity contribution in [2.24, 2.45) is 0 Å². The molecule has 164 valence electrons. The van der Waals surface area contributed by atoms with E-state index in [-0.39, 0.29) is 4.90 Å². The van der Waals surface area contributed by atoms with Gasteiger partial charge in [-0.15, -0.1) is 10.2 Å². The number of sulfonamides is 1. The molecule has 0 radical (unpaired) electrons. The summed E-state index contributed by atoms with van der Waals surface area (Å²) in [5, 5.41) is 8.13. The van der Waals surface area contributed by atoms with Crippen LogP contribution in [0.25, 0.3) is 5.82 Å². The predicted molar refractivity (Wildman–Crippen MR) is 119 cm³/mol. The van der Waals surface area contributed by atoms with Gasteiger partial charge in [-0.2, -0.15) is 0 Å². The van der Waals surface area contributed by atoms with Gasteiger partial charge in [0.25, 0.3) is 10.0 Å². The highest BCUT2D eigenvalue weighted by Crippen LogP contribution is 2.25. The Kier molecular flexibility index (Phi) is 6.04. The number of nitrogens with one attached hydrogen (secondary N) is 1. The molecule has 2 aromatic carbocycles. The highest BCUT2D eigenvalue weighted by molar-refractivity contribution is 7.92. The minimum atomic E-state index is -3.74. The average Bonchev–Trinajstić information content (AvgIpc) is 3.32. The highest BCUT2D eigenvalue weighted by atomic mass is 32.2. The van der Waals surface area contributed by atoms with Crippen molar-refractivity contribution >= 4 is 15.7 Å². The van der Waals surface area contributed by atoms with Crippen molar-refractivity contribution in [3.63, 3.8) is 0 Å². The zero-order chi connectivity index (χ0) is 22.6. The fourth-order valence-electron chi connectivity index (χ4n) is 2.93. The molecule has 10 heteroatoms. The Morgan fingerprint density at radius 1 is 1.03 bits per heavy atom. The van der Waals surface area contributed by atoms with Crippen LogP contribution < -0.4 is 14.2 Å². The van der Waals surface area contributed by atoms with E-state index in [2.05, 4.69) is 19.9 Å². The van der Waals surface area contributed by atoms with E-state index in [0.717, 1.165) is 5.56 Å².